The van der Waals surface area contributed by atoms with Crippen molar-refractivity contribution in [1.82, 2.24) is 9.97 Å². The van der Waals surface area contributed by atoms with E-state index in [4.69, 9.17) is 0 Å². The fourth-order valence-corrected chi connectivity index (χ4v) is 2.17. The van der Waals surface area contributed by atoms with E-state index in [2.05, 4.69) is 20.0 Å². The van der Waals surface area contributed by atoms with E-state index in [-0.39, 0.29) is 17.3 Å². The van der Waals surface area contributed by atoms with Crippen LogP contribution in [0, 0.1) is 0 Å². The largest absolute Gasteiger partial charge is 0.573 e. The van der Waals surface area contributed by atoms with Crippen molar-refractivity contribution in [1.29, 1.82) is 0 Å². The van der Waals surface area contributed by atoms with Crippen molar-refractivity contribution in [2.45, 2.75) is 6.36 Å². The number of imidazole rings is 1. The molecule has 0 saturated carbocycles. The minimum atomic E-state index is -4.81. The predicted molar refractivity (Wildman–Crippen MR) is 86.9 cm³/mol. The summed E-state index contributed by atoms with van der Waals surface area (Å²) in [5.74, 6) is -0.681. The first-order chi connectivity index (χ1) is 11.9. The number of aromatic amines is 1. The van der Waals surface area contributed by atoms with Crippen LogP contribution in [0.25, 0.3) is 17.1 Å². The van der Waals surface area contributed by atoms with E-state index >= 15 is 0 Å². The molecule has 0 aliphatic carbocycles. The van der Waals surface area contributed by atoms with Gasteiger partial charge in [0.25, 0.3) is 5.91 Å². The molecule has 8 heteroatoms. The molecule has 0 aliphatic heterocycles. The Morgan fingerprint density at radius 1 is 1.12 bits per heavy atom. The van der Waals surface area contributed by atoms with Gasteiger partial charge in [0.2, 0.25) is 5.95 Å². The number of hydrogen-bond donors (Lipinski definition) is 2. The summed E-state index contributed by atoms with van der Waals surface area (Å²) in [6, 6.07) is 12.7. The molecule has 2 aromatic carbocycles. The number of carbonyl (C=O) groups excluding carboxylic acids is 1. The third kappa shape index (κ3) is 4.37. The number of alkyl halides is 3. The molecule has 1 heterocycles. The van der Waals surface area contributed by atoms with Crippen molar-refractivity contribution in [2.75, 3.05) is 5.32 Å². The van der Waals surface area contributed by atoms with Crippen LogP contribution in [0.2, 0.25) is 0 Å². The molecule has 3 aromatic rings. The van der Waals surface area contributed by atoms with Crippen molar-refractivity contribution < 1.29 is 22.7 Å². The lowest BCUT2D eigenvalue weighted by Gasteiger charge is -2.10. The van der Waals surface area contributed by atoms with Crippen LogP contribution in [0.1, 0.15) is 5.56 Å². The highest BCUT2D eigenvalue weighted by Crippen LogP contribution is 2.27. The zero-order chi connectivity index (χ0) is 17.9. The number of fused-ring (bicyclic) bond motifs is 1. The van der Waals surface area contributed by atoms with Crippen LogP contribution in [0.3, 0.4) is 0 Å². The van der Waals surface area contributed by atoms with Crippen molar-refractivity contribution in [3.8, 4) is 5.75 Å². The fraction of sp³-hybridized carbons (Fsp3) is 0.0588. The maximum absolute atomic E-state index is 12.4. The molecule has 0 radical (unpaired) electrons. The second-order valence-electron chi connectivity index (χ2n) is 5.01. The first-order valence-corrected chi connectivity index (χ1v) is 7.19. The van der Waals surface area contributed by atoms with Gasteiger partial charge in [0.05, 0.1) is 11.0 Å². The second kappa shape index (κ2) is 6.68. The predicted octanol–water partition coefficient (Wildman–Crippen LogP) is 4.11. The number of amides is 1. The number of ether oxygens (including phenoxy) is 1. The topological polar surface area (TPSA) is 67.0 Å². The van der Waals surface area contributed by atoms with Crippen molar-refractivity contribution in [2.24, 2.45) is 0 Å². The van der Waals surface area contributed by atoms with Crippen LogP contribution < -0.4 is 10.1 Å². The number of para-hydroxylation sites is 3. The minimum absolute atomic E-state index is 0.125. The zero-order valence-corrected chi connectivity index (χ0v) is 12.7. The van der Waals surface area contributed by atoms with E-state index in [1.165, 1.54) is 24.3 Å². The normalized spacial score (nSPS) is 11.8. The number of rotatable bonds is 4. The van der Waals surface area contributed by atoms with Crippen molar-refractivity contribution in [3.05, 3.63) is 60.2 Å². The number of aromatic nitrogens is 2. The Morgan fingerprint density at radius 3 is 2.60 bits per heavy atom. The molecule has 0 atom stereocenters. The first kappa shape index (κ1) is 16.6. The van der Waals surface area contributed by atoms with Gasteiger partial charge in [-0.25, -0.2) is 4.98 Å². The van der Waals surface area contributed by atoms with Gasteiger partial charge >= 0.3 is 6.36 Å². The number of nitrogens with one attached hydrogen (secondary N) is 2. The Labute approximate surface area is 140 Å². The molecule has 5 nitrogen and oxygen atoms in total. The van der Waals surface area contributed by atoms with E-state index in [1.807, 2.05) is 12.1 Å². The third-order valence-corrected chi connectivity index (χ3v) is 3.19. The van der Waals surface area contributed by atoms with Gasteiger partial charge in [-0.3, -0.25) is 10.1 Å². The maximum Gasteiger partial charge on any atom is 0.573 e. The molecular formula is C17H12F3N3O2. The highest BCUT2D eigenvalue weighted by Gasteiger charge is 2.31. The molecule has 0 saturated heterocycles. The summed E-state index contributed by atoms with van der Waals surface area (Å²) < 4.78 is 41.0. The molecule has 1 aromatic heterocycles. The summed E-state index contributed by atoms with van der Waals surface area (Å²) in [5.41, 5.74) is 1.57. The molecular weight excluding hydrogens is 335 g/mol. The average molecular weight is 347 g/mol. The number of nitrogens with zero attached hydrogens (tertiary/aromatic N) is 1. The van der Waals surface area contributed by atoms with Crippen LogP contribution in [-0.4, -0.2) is 22.2 Å². The van der Waals surface area contributed by atoms with Gasteiger partial charge < -0.3 is 9.72 Å². The quantitative estimate of drug-likeness (QED) is 0.698. The molecule has 1 amide bonds. The van der Waals surface area contributed by atoms with Crippen LogP contribution in [0.15, 0.2) is 54.6 Å². The zero-order valence-electron chi connectivity index (χ0n) is 12.7. The van der Waals surface area contributed by atoms with Crippen LogP contribution in [-0.2, 0) is 4.79 Å². The number of hydrogen-bond acceptors (Lipinski definition) is 3. The van der Waals surface area contributed by atoms with E-state index in [9.17, 15) is 18.0 Å². The molecule has 2 N–H and O–H groups in total. The summed E-state index contributed by atoms with van der Waals surface area (Å²) >= 11 is 0. The SMILES string of the molecule is O=C(/C=C/c1ccccc1OC(F)(F)F)Nc1nc2ccccc2[nH]1. The van der Waals surface area contributed by atoms with Gasteiger partial charge in [0.1, 0.15) is 5.75 Å². The summed E-state index contributed by atoms with van der Waals surface area (Å²) in [6.07, 6.45) is -2.47. The maximum atomic E-state index is 12.4. The Hall–Kier alpha value is -3.29. The standard InChI is InChI=1S/C17H12F3N3O2/c18-17(19,20)25-14-8-4-1-5-11(14)9-10-15(24)23-16-21-12-6-2-3-7-13(12)22-16/h1-10H,(H2,21,22,23,24)/b10-9+. The van der Waals surface area contributed by atoms with Crippen molar-refractivity contribution in [3.63, 3.8) is 0 Å². The molecule has 128 valence electrons. The summed E-state index contributed by atoms with van der Waals surface area (Å²) in [7, 11) is 0. The molecule has 0 aliphatic rings. The highest BCUT2D eigenvalue weighted by molar-refractivity contribution is 6.01. The summed E-state index contributed by atoms with van der Waals surface area (Å²) in [6.45, 7) is 0. The van der Waals surface area contributed by atoms with Crippen LogP contribution in [0.4, 0.5) is 19.1 Å². The van der Waals surface area contributed by atoms with Crippen LogP contribution >= 0.6 is 0 Å². The molecule has 3 rings (SSSR count). The molecule has 25 heavy (non-hydrogen) atoms. The average Bonchev–Trinajstić information content (AvgIpc) is 2.94. The smallest absolute Gasteiger partial charge is 0.405 e. The molecule has 0 unspecified atom stereocenters. The highest BCUT2D eigenvalue weighted by atomic mass is 19.4. The molecule has 0 spiro atoms. The first-order valence-electron chi connectivity index (χ1n) is 7.19. The van der Waals surface area contributed by atoms with E-state index in [0.717, 1.165) is 11.6 Å². The lowest BCUT2D eigenvalue weighted by atomic mass is 10.2. The molecule has 0 bridgehead atoms. The fourth-order valence-electron chi connectivity index (χ4n) is 2.17. The second-order valence-corrected chi connectivity index (χ2v) is 5.01. The van der Waals surface area contributed by atoms with Gasteiger partial charge in [-0.1, -0.05) is 30.3 Å². The van der Waals surface area contributed by atoms with Gasteiger partial charge in [0, 0.05) is 11.6 Å². The van der Waals surface area contributed by atoms with Gasteiger partial charge in [0.15, 0.2) is 0 Å². The van der Waals surface area contributed by atoms with Crippen molar-refractivity contribution >= 4 is 29.0 Å². The monoisotopic (exact) mass is 347 g/mol. The Balaban J connectivity index is 1.72. The van der Waals surface area contributed by atoms with Gasteiger partial charge in [-0.2, -0.15) is 0 Å². The van der Waals surface area contributed by atoms with E-state index < -0.39 is 12.3 Å². The number of carbonyl (C=O) groups is 1. The molecule has 0 fully saturated rings. The Morgan fingerprint density at radius 2 is 1.84 bits per heavy atom. The number of anilines is 1. The third-order valence-electron chi connectivity index (χ3n) is 3.19. The number of H-pyrrole nitrogens is 1. The Kier molecular flexibility index (Phi) is 4.42. The number of benzene rings is 2. The summed E-state index contributed by atoms with van der Waals surface area (Å²) in [4.78, 5) is 19.0. The number of halogens is 3. The van der Waals surface area contributed by atoms with Gasteiger partial charge in [-0.15, -0.1) is 13.2 Å². The van der Waals surface area contributed by atoms with E-state index in [1.54, 1.807) is 18.2 Å². The van der Waals surface area contributed by atoms with E-state index in [0.29, 0.717) is 5.52 Å². The van der Waals surface area contributed by atoms with Gasteiger partial charge in [-0.05, 0) is 24.3 Å². The lowest BCUT2D eigenvalue weighted by molar-refractivity contribution is -0.274. The summed E-state index contributed by atoms with van der Waals surface area (Å²) in [5, 5.41) is 2.51. The lowest BCUT2D eigenvalue weighted by Crippen LogP contribution is -2.17. The minimum Gasteiger partial charge on any atom is -0.405 e. The van der Waals surface area contributed by atoms with Crippen LogP contribution in [0.5, 0.6) is 5.75 Å². The Bertz CT molecular complexity index is 899.